The third-order valence-electron chi connectivity index (χ3n) is 3.11. The van der Waals surface area contributed by atoms with Crippen molar-refractivity contribution in [2.75, 3.05) is 17.3 Å². The summed E-state index contributed by atoms with van der Waals surface area (Å²) >= 11 is 5.98. The van der Waals surface area contributed by atoms with Gasteiger partial charge in [0.1, 0.15) is 15.6 Å². The normalized spacial score (nSPS) is 11.1. The first-order valence-electron chi connectivity index (χ1n) is 7.33. The number of hydrogen-bond acceptors (Lipinski definition) is 4. The third-order valence-corrected chi connectivity index (χ3v) is 4.37. The minimum absolute atomic E-state index is 0.0245. The lowest BCUT2D eigenvalue weighted by Gasteiger charge is -2.12. The zero-order valence-corrected chi connectivity index (χ0v) is 14.7. The van der Waals surface area contributed by atoms with Gasteiger partial charge < -0.3 is 10.1 Å². The first-order valence-corrected chi connectivity index (χ1v) is 9.77. The van der Waals surface area contributed by atoms with Crippen molar-refractivity contribution in [3.63, 3.8) is 0 Å². The molecule has 0 aliphatic rings. The number of ether oxygens (including phenoxy) is 1. The molecule has 1 N–H and O–H groups in total. The number of para-hydroxylation sites is 1. The number of nitrogens with one attached hydrogen (secondary N) is 1. The van der Waals surface area contributed by atoms with E-state index in [2.05, 4.69) is 5.32 Å². The maximum atomic E-state index is 12.0. The van der Waals surface area contributed by atoms with Gasteiger partial charge in [-0.1, -0.05) is 29.8 Å². The first-order chi connectivity index (χ1) is 11.3. The Kier molecular flexibility index (Phi) is 6.23. The number of halogens is 1. The number of amides is 1. The van der Waals surface area contributed by atoms with Crippen molar-refractivity contribution in [3.8, 4) is 11.5 Å². The average Bonchev–Trinajstić information content (AvgIpc) is 2.50. The lowest BCUT2D eigenvalue weighted by Crippen LogP contribution is -2.14. The Morgan fingerprint density at radius 3 is 2.54 bits per heavy atom. The van der Waals surface area contributed by atoms with E-state index in [1.807, 2.05) is 18.2 Å². The summed E-state index contributed by atoms with van der Waals surface area (Å²) in [4.78, 5) is 12.0. The number of anilines is 1. The van der Waals surface area contributed by atoms with Gasteiger partial charge in [0.15, 0.2) is 5.75 Å². The molecule has 2 aromatic rings. The van der Waals surface area contributed by atoms with Gasteiger partial charge >= 0.3 is 0 Å². The van der Waals surface area contributed by atoms with Gasteiger partial charge in [-0.05, 0) is 36.8 Å². The van der Waals surface area contributed by atoms with Crippen LogP contribution in [-0.4, -0.2) is 26.3 Å². The minimum atomic E-state index is -3.07. The summed E-state index contributed by atoms with van der Waals surface area (Å²) in [5.74, 6) is 0.775. The predicted molar refractivity (Wildman–Crippen MR) is 95.5 cm³/mol. The van der Waals surface area contributed by atoms with Crippen LogP contribution in [-0.2, 0) is 14.6 Å². The van der Waals surface area contributed by atoms with Crippen molar-refractivity contribution in [2.24, 2.45) is 0 Å². The van der Waals surface area contributed by atoms with Crippen LogP contribution in [0.25, 0.3) is 0 Å². The minimum Gasteiger partial charge on any atom is -0.455 e. The summed E-state index contributed by atoms with van der Waals surface area (Å²) in [5.41, 5.74) is 0.440. The second-order valence-corrected chi connectivity index (χ2v) is 8.03. The number of sulfone groups is 1. The van der Waals surface area contributed by atoms with Gasteiger partial charge in [-0.2, -0.15) is 0 Å². The van der Waals surface area contributed by atoms with Crippen LogP contribution in [0.2, 0.25) is 5.02 Å². The molecule has 0 saturated heterocycles. The van der Waals surface area contributed by atoms with E-state index < -0.39 is 9.84 Å². The number of benzene rings is 2. The molecule has 0 bridgehead atoms. The van der Waals surface area contributed by atoms with Crippen molar-refractivity contribution in [3.05, 3.63) is 53.6 Å². The molecule has 0 unspecified atom stereocenters. The predicted octanol–water partition coefficient (Wildman–Crippen LogP) is 3.90. The molecule has 0 spiro atoms. The average molecular weight is 368 g/mol. The van der Waals surface area contributed by atoms with E-state index in [4.69, 9.17) is 16.3 Å². The van der Waals surface area contributed by atoms with Crippen LogP contribution in [0, 0.1) is 0 Å². The molecule has 0 saturated carbocycles. The Balaban J connectivity index is 2.06. The molecule has 0 fully saturated rings. The molecular weight excluding hydrogens is 350 g/mol. The third kappa shape index (κ3) is 6.22. The molecule has 0 heterocycles. The van der Waals surface area contributed by atoms with Crippen LogP contribution in [0.4, 0.5) is 5.69 Å². The summed E-state index contributed by atoms with van der Waals surface area (Å²) < 4.78 is 28.0. The van der Waals surface area contributed by atoms with Crippen LogP contribution in [0.15, 0.2) is 48.5 Å². The zero-order chi connectivity index (χ0) is 17.6. The highest BCUT2D eigenvalue weighted by Crippen LogP contribution is 2.32. The quantitative estimate of drug-likeness (QED) is 0.805. The number of hydrogen-bond donors (Lipinski definition) is 1. The molecule has 2 rings (SSSR count). The second kappa shape index (κ2) is 8.17. The van der Waals surface area contributed by atoms with Gasteiger partial charge in [0.2, 0.25) is 5.91 Å². The molecule has 0 aliphatic heterocycles. The van der Waals surface area contributed by atoms with Crippen molar-refractivity contribution < 1.29 is 17.9 Å². The molecule has 128 valence electrons. The smallest absolute Gasteiger partial charge is 0.224 e. The Labute approximate surface area is 146 Å². The van der Waals surface area contributed by atoms with E-state index >= 15 is 0 Å². The van der Waals surface area contributed by atoms with Crippen LogP contribution >= 0.6 is 11.6 Å². The molecule has 0 atom stereocenters. The van der Waals surface area contributed by atoms with Crippen LogP contribution in [0.3, 0.4) is 0 Å². The van der Waals surface area contributed by atoms with Gasteiger partial charge in [-0.3, -0.25) is 4.79 Å². The lowest BCUT2D eigenvalue weighted by atomic mass is 10.2. The highest BCUT2D eigenvalue weighted by Gasteiger charge is 2.11. The van der Waals surface area contributed by atoms with Crippen LogP contribution in [0.5, 0.6) is 11.5 Å². The number of carbonyl (C=O) groups excluding carboxylic acids is 1. The first kappa shape index (κ1) is 18.3. The van der Waals surface area contributed by atoms with Gasteiger partial charge in [-0.15, -0.1) is 0 Å². The van der Waals surface area contributed by atoms with Gasteiger partial charge in [0.25, 0.3) is 0 Å². The Hall–Kier alpha value is -2.05. The van der Waals surface area contributed by atoms with Crippen molar-refractivity contribution in [1.82, 2.24) is 0 Å². The molecule has 2 aromatic carbocycles. The van der Waals surface area contributed by atoms with Crippen molar-refractivity contribution in [1.29, 1.82) is 0 Å². The molecule has 24 heavy (non-hydrogen) atoms. The summed E-state index contributed by atoms with van der Waals surface area (Å²) in [6.07, 6.45) is 1.51. The van der Waals surface area contributed by atoms with E-state index in [0.29, 0.717) is 22.2 Å². The maximum absolute atomic E-state index is 12.0. The summed E-state index contributed by atoms with van der Waals surface area (Å²) in [7, 11) is -3.07. The Bertz CT molecular complexity index is 807. The fourth-order valence-electron chi connectivity index (χ4n) is 2.01. The molecule has 0 aliphatic carbocycles. The standard InChI is InChI=1S/C17H18ClNO4S/c1-24(21,22)11-5-8-17(20)19-15-12-13(18)9-10-16(15)23-14-6-3-2-4-7-14/h2-4,6-7,9-10,12H,5,8,11H2,1H3,(H,19,20). The van der Waals surface area contributed by atoms with Crippen molar-refractivity contribution >= 4 is 33.0 Å². The van der Waals surface area contributed by atoms with E-state index in [-0.39, 0.29) is 24.5 Å². The topological polar surface area (TPSA) is 72.5 Å². The number of carbonyl (C=O) groups is 1. The van der Waals surface area contributed by atoms with Gasteiger partial charge in [-0.25, -0.2) is 8.42 Å². The Morgan fingerprint density at radius 2 is 1.88 bits per heavy atom. The second-order valence-electron chi connectivity index (χ2n) is 5.34. The lowest BCUT2D eigenvalue weighted by molar-refractivity contribution is -0.116. The fourth-order valence-corrected chi connectivity index (χ4v) is 2.85. The summed E-state index contributed by atoms with van der Waals surface area (Å²) in [6, 6.07) is 14.1. The van der Waals surface area contributed by atoms with Crippen LogP contribution < -0.4 is 10.1 Å². The van der Waals surface area contributed by atoms with E-state index in [0.717, 1.165) is 6.26 Å². The van der Waals surface area contributed by atoms with E-state index in [9.17, 15) is 13.2 Å². The zero-order valence-electron chi connectivity index (χ0n) is 13.2. The monoisotopic (exact) mass is 367 g/mol. The van der Waals surface area contributed by atoms with Gasteiger partial charge in [0, 0.05) is 17.7 Å². The summed E-state index contributed by atoms with van der Waals surface area (Å²) in [6.45, 7) is 0. The van der Waals surface area contributed by atoms with E-state index in [1.165, 1.54) is 0 Å². The maximum Gasteiger partial charge on any atom is 0.224 e. The van der Waals surface area contributed by atoms with Crippen LogP contribution in [0.1, 0.15) is 12.8 Å². The van der Waals surface area contributed by atoms with E-state index in [1.54, 1.807) is 30.3 Å². The largest absolute Gasteiger partial charge is 0.455 e. The van der Waals surface area contributed by atoms with Crippen molar-refractivity contribution in [2.45, 2.75) is 12.8 Å². The molecule has 0 radical (unpaired) electrons. The molecule has 1 amide bonds. The SMILES string of the molecule is CS(=O)(=O)CCCC(=O)Nc1cc(Cl)ccc1Oc1ccccc1. The molecular formula is C17H18ClNO4S. The highest BCUT2D eigenvalue weighted by atomic mass is 35.5. The summed E-state index contributed by atoms with van der Waals surface area (Å²) in [5, 5.41) is 3.17. The number of rotatable bonds is 7. The fraction of sp³-hybridized carbons (Fsp3) is 0.235. The highest BCUT2D eigenvalue weighted by molar-refractivity contribution is 7.90. The molecule has 5 nitrogen and oxygen atoms in total. The molecule has 0 aromatic heterocycles. The molecule has 7 heteroatoms. The van der Waals surface area contributed by atoms with Gasteiger partial charge in [0.05, 0.1) is 11.4 Å². The Morgan fingerprint density at radius 1 is 1.17 bits per heavy atom.